The van der Waals surface area contributed by atoms with Gasteiger partial charge in [0.25, 0.3) is 11.6 Å². The summed E-state index contributed by atoms with van der Waals surface area (Å²) in [6.07, 6.45) is 3.41. The molecule has 3 aromatic carbocycles. The number of aromatic nitrogens is 1. The van der Waals surface area contributed by atoms with Crippen LogP contribution in [0.2, 0.25) is 0 Å². The quantitative estimate of drug-likeness (QED) is 0.221. The summed E-state index contributed by atoms with van der Waals surface area (Å²) in [6.45, 7) is 1.07. The molecule has 36 heavy (non-hydrogen) atoms. The maximum absolute atomic E-state index is 13.4. The maximum atomic E-state index is 13.4. The highest BCUT2D eigenvalue weighted by atomic mass is 16.6. The fourth-order valence-corrected chi connectivity index (χ4v) is 3.66. The van der Waals surface area contributed by atoms with Gasteiger partial charge in [-0.2, -0.15) is 0 Å². The highest BCUT2D eigenvalue weighted by Crippen LogP contribution is 2.21. The predicted octanol–water partition coefficient (Wildman–Crippen LogP) is 5.42. The Morgan fingerprint density at radius 2 is 1.56 bits per heavy atom. The van der Waals surface area contributed by atoms with Crippen molar-refractivity contribution in [3.63, 3.8) is 0 Å². The number of methoxy groups -OCH3 is 1. The van der Waals surface area contributed by atoms with E-state index in [0.29, 0.717) is 30.2 Å². The van der Waals surface area contributed by atoms with Crippen LogP contribution in [0.5, 0.6) is 11.5 Å². The number of non-ortho nitro benzene ring substituents is 1. The van der Waals surface area contributed by atoms with Crippen LogP contribution >= 0.6 is 0 Å². The Kier molecular flexibility index (Phi) is 7.87. The van der Waals surface area contributed by atoms with Crippen molar-refractivity contribution in [3.8, 4) is 11.5 Å². The Hall–Kier alpha value is -4.72. The van der Waals surface area contributed by atoms with E-state index < -0.39 is 4.92 Å². The molecule has 1 aromatic heterocycles. The van der Waals surface area contributed by atoms with Crippen LogP contribution in [0.15, 0.2) is 97.3 Å². The van der Waals surface area contributed by atoms with E-state index in [0.717, 1.165) is 16.7 Å². The molecule has 0 aliphatic heterocycles. The third-order valence-electron chi connectivity index (χ3n) is 5.57. The minimum Gasteiger partial charge on any atom is -0.497 e. The van der Waals surface area contributed by atoms with E-state index in [1.807, 2.05) is 36.4 Å². The van der Waals surface area contributed by atoms with Crippen LogP contribution in [0.1, 0.15) is 27.0 Å². The Morgan fingerprint density at radius 3 is 2.22 bits per heavy atom. The Balaban J connectivity index is 1.49. The summed E-state index contributed by atoms with van der Waals surface area (Å²) in [4.78, 5) is 29.7. The zero-order valence-corrected chi connectivity index (χ0v) is 19.7. The van der Waals surface area contributed by atoms with Crippen LogP contribution in [0.4, 0.5) is 5.69 Å². The number of nitro groups is 1. The van der Waals surface area contributed by atoms with E-state index in [-0.39, 0.29) is 18.2 Å². The molecule has 8 heteroatoms. The van der Waals surface area contributed by atoms with Gasteiger partial charge in [0.1, 0.15) is 18.1 Å². The second-order valence-electron chi connectivity index (χ2n) is 8.10. The molecule has 1 heterocycles. The van der Waals surface area contributed by atoms with Gasteiger partial charge in [0.05, 0.1) is 12.0 Å². The van der Waals surface area contributed by atoms with E-state index in [1.165, 1.54) is 12.1 Å². The molecule has 0 saturated carbocycles. The second kappa shape index (κ2) is 11.6. The van der Waals surface area contributed by atoms with Crippen molar-refractivity contribution < 1.29 is 19.2 Å². The van der Waals surface area contributed by atoms with Crippen LogP contribution in [-0.4, -0.2) is 27.8 Å². The highest BCUT2D eigenvalue weighted by Gasteiger charge is 2.17. The summed E-state index contributed by atoms with van der Waals surface area (Å²) in [5.74, 6) is 1.23. The molecule has 0 saturated heterocycles. The second-order valence-corrected chi connectivity index (χ2v) is 8.10. The van der Waals surface area contributed by atoms with Crippen molar-refractivity contribution in [1.29, 1.82) is 0 Å². The van der Waals surface area contributed by atoms with Crippen LogP contribution in [0, 0.1) is 10.1 Å². The summed E-state index contributed by atoms with van der Waals surface area (Å²) >= 11 is 0. The fourth-order valence-electron chi connectivity index (χ4n) is 3.66. The molecule has 0 fully saturated rings. The predicted molar refractivity (Wildman–Crippen MR) is 135 cm³/mol. The topological polar surface area (TPSA) is 94.8 Å². The van der Waals surface area contributed by atoms with Gasteiger partial charge in [-0.25, -0.2) is 0 Å². The number of amides is 1. The Morgan fingerprint density at radius 1 is 0.861 bits per heavy atom. The van der Waals surface area contributed by atoms with Gasteiger partial charge in [0, 0.05) is 43.2 Å². The first-order valence-corrected chi connectivity index (χ1v) is 11.3. The fraction of sp³-hybridized carbons (Fsp3) is 0.143. The zero-order valence-electron chi connectivity index (χ0n) is 19.7. The van der Waals surface area contributed by atoms with E-state index in [4.69, 9.17) is 9.47 Å². The molecule has 8 nitrogen and oxygen atoms in total. The number of benzene rings is 3. The number of carbonyl (C=O) groups is 1. The van der Waals surface area contributed by atoms with Gasteiger partial charge in [-0.3, -0.25) is 19.9 Å². The van der Waals surface area contributed by atoms with Crippen LogP contribution in [0.25, 0.3) is 0 Å². The monoisotopic (exact) mass is 483 g/mol. The van der Waals surface area contributed by atoms with Crippen molar-refractivity contribution in [3.05, 3.63) is 130 Å². The third kappa shape index (κ3) is 6.44. The molecular weight excluding hydrogens is 458 g/mol. The van der Waals surface area contributed by atoms with Crippen molar-refractivity contribution in [2.45, 2.75) is 19.7 Å². The van der Waals surface area contributed by atoms with Crippen LogP contribution in [-0.2, 0) is 19.7 Å². The number of rotatable bonds is 10. The van der Waals surface area contributed by atoms with Crippen LogP contribution < -0.4 is 9.47 Å². The highest BCUT2D eigenvalue weighted by molar-refractivity contribution is 5.94. The van der Waals surface area contributed by atoms with Gasteiger partial charge in [-0.1, -0.05) is 12.1 Å². The molecule has 4 rings (SSSR count). The summed E-state index contributed by atoms with van der Waals surface area (Å²) in [5.41, 5.74) is 3.30. The van der Waals surface area contributed by atoms with Gasteiger partial charge in [-0.15, -0.1) is 0 Å². The van der Waals surface area contributed by atoms with Gasteiger partial charge < -0.3 is 14.4 Å². The smallest absolute Gasteiger partial charge is 0.269 e. The molecule has 0 atom stereocenters. The molecule has 0 N–H and O–H groups in total. The first kappa shape index (κ1) is 24.4. The normalized spacial score (nSPS) is 10.5. The Bertz CT molecular complexity index is 1310. The first-order chi connectivity index (χ1) is 17.5. The van der Waals surface area contributed by atoms with Gasteiger partial charge in [-0.05, 0) is 77.4 Å². The lowest BCUT2D eigenvalue weighted by molar-refractivity contribution is -0.384. The lowest BCUT2D eigenvalue weighted by atomic mass is 10.1. The lowest BCUT2D eigenvalue weighted by Crippen LogP contribution is -2.30. The average Bonchev–Trinajstić information content (AvgIpc) is 2.92. The standard InChI is InChI=1S/C28H25N3O5/c1-35-26-11-7-24(8-12-26)28(32)30(18-21-13-15-29-16-14-21)19-23-3-2-4-27(17-23)36-20-22-5-9-25(10-6-22)31(33)34/h2-17H,18-20H2,1H3. The maximum Gasteiger partial charge on any atom is 0.269 e. The summed E-state index contributed by atoms with van der Waals surface area (Å²) in [7, 11) is 1.59. The third-order valence-corrected chi connectivity index (χ3v) is 5.57. The van der Waals surface area contributed by atoms with E-state index in [2.05, 4.69) is 4.98 Å². The van der Waals surface area contributed by atoms with E-state index in [1.54, 1.807) is 60.8 Å². The molecule has 0 bridgehead atoms. The minimum absolute atomic E-state index is 0.0385. The molecule has 0 aliphatic carbocycles. The molecule has 182 valence electrons. The summed E-state index contributed by atoms with van der Waals surface area (Å²) in [6, 6.07) is 24.6. The lowest BCUT2D eigenvalue weighted by Gasteiger charge is -2.23. The Labute approximate surface area is 208 Å². The molecular formula is C28H25N3O5. The average molecular weight is 484 g/mol. The van der Waals surface area contributed by atoms with Crippen molar-refractivity contribution in [2.24, 2.45) is 0 Å². The summed E-state index contributed by atoms with van der Waals surface area (Å²) < 4.78 is 11.1. The van der Waals surface area contributed by atoms with Gasteiger partial charge in [0.2, 0.25) is 0 Å². The summed E-state index contributed by atoms with van der Waals surface area (Å²) in [5, 5.41) is 10.8. The van der Waals surface area contributed by atoms with E-state index >= 15 is 0 Å². The number of ether oxygens (including phenoxy) is 2. The van der Waals surface area contributed by atoms with Crippen molar-refractivity contribution in [2.75, 3.05) is 7.11 Å². The number of hydrogen-bond donors (Lipinski definition) is 0. The molecule has 0 unspecified atom stereocenters. The SMILES string of the molecule is COc1ccc(C(=O)N(Cc2ccncc2)Cc2cccc(OCc3ccc([N+](=O)[O-])cc3)c2)cc1. The largest absolute Gasteiger partial charge is 0.497 e. The number of hydrogen-bond acceptors (Lipinski definition) is 6. The van der Waals surface area contributed by atoms with E-state index in [9.17, 15) is 14.9 Å². The van der Waals surface area contributed by atoms with Crippen LogP contribution in [0.3, 0.4) is 0 Å². The minimum atomic E-state index is -0.431. The molecule has 0 radical (unpaired) electrons. The van der Waals surface area contributed by atoms with Crippen molar-refractivity contribution >= 4 is 11.6 Å². The number of carbonyl (C=O) groups excluding carboxylic acids is 1. The molecule has 4 aromatic rings. The van der Waals surface area contributed by atoms with Gasteiger partial charge >= 0.3 is 0 Å². The molecule has 0 spiro atoms. The van der Waals surface area contributed by atoms with Gasteiger partial charge in [0.15, 0.2) is 0 Å². The number of nitro benzene ring substituents is 1. The molecule has 1 amide bonds. The first-order valence-electron chi connectivity index (χ1n) is 11.3. The number of pyridine rings is 1. The zero-order chi connectivity index (χ0) is 25.3. The van der Waals surface area contributed by atoms with Crippen molar-refractivity contribution in [1.82, 2.24) is 9.88 Å². The number of nitrogens with zero attached hydrogens (tertiary/aromatic N) is 3. The molecule has 0 aliphatic rings.